The van der Waals surface area contributed by atoms with Crippen LogP contribution in [0.5, 0.6) is 0 Å². The summed E-state index contributed by atoms with van der Waals surface area (Å²) in [5.41, 5.74) is 0.400. The lowest BCUT2D eigenvalue weighted by molar-refractivity contribution is -0.140. The number of allylic oxidation sites excluding steroid dienone is 2. The van der Waals surface area contributed by atoms with Gasteiger partial charge in [0.2, 0.25) is 0 Å². The number of carboxylic acids is 2. The van der Waals surface area contributed by atoms with E-state index in [0.717, 1.165) is 19.3 Å². The number of fused-ring (bicyclic) bond motifs is 5. The Hall–Kier alpha value is -1.32. The largest absolute Gasteiger partial charge is 0.481 e. The van der Waals surface area contributed by atoms with Gasteiger partial charge in [-0.15, -0.1) is 0 Å². The Labute approximate surface area is 162 Å². The van der Waals surface area contributed by atoms with E-state index in [1.54, 1.807) is 0 Å². The molecule has 0 bridgehead atoms. The fraction of sp³-hybridized carbons (Fsp3) is 0.826. The summed E-state index contributed by atoms with van der Waals surface area (Å²) in [6, 6.07) is 0. The van der Waals surface area contributed by atoms with Gasteiger partial charge in [-0.1, -0.05) is 26.0 Å². The van der Waals surface area contributed by atoms with E-state index in [1.807, 2.05) is 0 Å². The van der Waals surface area contributed by atoms with Gasteiger partial charge in [-0.25, -0.2) is 0 Å². The minimum atomic E-state index is -0.689. The Bertz CT molecular complexity index is 655. The summed E-state index contributed by atoms with van der Waals surface area (Å²) in [5, 5.41) is 18.5. The van der Waals surface area contributed by atoms with Gasteiger partial charge in [0.25, 0.3) is 0 Å². The number of carboxylic acid groups (broad SMARTS) is 2. The van der Waals surface area contributed by atoms with Gasteiger partial charge < -0.3 is 10.2 Å². The van der Waals surface area contributed by atoms with Crippen LogP contribution in [0, 0.1) is 46.3 Å². The summed E-state index contributed by atoms with van der Waals surface area (Å²) in [5.74, 6) is 1.87. The second kappa shape index (κ2) is 6.63. The van der Waals surface area contributed by atoms with Crippen LogP contribution in [-0.4, -0.2) is 22.2 Å². The lowest BCUT2D eigenvalue weighted by atomic mass is 9.45. The first-order valence-corrected chi connectivity index (χ1v) is 10.9. The minimum Gasteiger partial charge on any atom is -0.481 e. The fourth-order valence-corrected chi connectivity index (χ4v) is 7.92. The number of hydrogen-bond acceptors (Lipinski definition) is 2. The molecule has 150 valence electrons. The van der Waals surface area contributed by atoms with Crippen LogP contribution < -0.4 is 0 Å². The fourth-order valence-electron chi connectivity index (χ4n) is 7.92. The van der Waals surface area contributed by atoms with Crippen molar-refractivity contribution in [1.82, 2.24) is 0 Å². The molecular formula is C23H34O4. The van der Waals surface area contributed by atoms with Gasteiger partial charge in [-0.3, -0.25) is 9.59 Å². The van der Waals surface area contributed by atoms with Gasteiger partial charge in [-0.2, -0.15) is 0 Å². The highest BCUT2D eigenvalue weighted by atomic mass is 16.4. The average molecular weight is 375 g/mol. The molecule has 0 amide bonds. The highest BCUT2D eigenvalue weighted by molar-refractivity contribution is 5.67. The predicted octanol–water partition coefficient (Wildman–Crippen LogP) is 4.99. The van der Waals surface area contributed by atoms with Crippen molar-refractivity contribution in [2.75, 3.05) is 0 Å². The summed E-state index contributed by atoms with van der Waals surface area (Å²) in [6.45, 7) is 4.80. The Balaban J connectivity index is 1.55. The van der Waals surface area contributed by atoms with Crippen LogP contribution in [0.1, 0.15) is 71.6 Å². The van der Waals surface area contributed by atoms with Crippen molar-refractivity contribution in [2.45, 2.75) is 71.6 Å². The van der Waals surface area contributed by atoms with Gasteiger partial charge in [-0.05, 0) is 91.3 Å². The molecule has 0 heterocycles. The van der Waals surface area contributed by atoms with E-state index >= 15 is 0 Å². The van der Waals surface area contributed by atoms with Gasteiger partial charge >= 0.3 is 11.9 Å². The second-order valence-corrected chi connectivity index (χ2v) is 10.4. The molecule has 0 radical (unpaired) electrons. The normalized spacial score (nSPS) is 48.4. The molecule has 4 nitrogen and oxygen atoms in total. The molecule has 27 heavy (non-hydrogen) atoms. The zero-order valence-corrected chi connectivity index (χ0v) is 16.7. The standard InChI is InChI=1S/C23H34O4/c1-22-9-7-14(12-20(24)25)11-15(22)3-5-17-18-6-4-16(13-21(26)27)23(18,2)10-8-19(17)22/h7,9,14-19H,3-6,8,10-13H2,1-2H3,(H,24,25)(H,26,27)/t14?,15-,16+,17-,18-,19-,22-,23+/m0/s1. The van der Waals surface area contributed by atoms with E-state index in [1.165, 1.54) is 25.7 Å². The third kappa shape index (κ3) is 3.03. The Kier molecular flexibility index (Phi) is 4.67. The van der Waals surface area contributed by atoms with Crippen LogP contribution in [0.4, 0.5) is 0 Å². The molecule has 4 heteroatoms. The predicted molar refractivity (Wildman–Crippen MR) is 103 cm³/mol. The Morgan fingerprint density at radius 2 is 1.70 bits per heavy atom. The van der Waals surface area contributed by atoms with E-state index in [2.05, 4.69) is 26.0 Å². The quantitative estimate of drug-likeness (QED) is 0.680. The first-order valence-electron chi connectivity index (χ1n) is 10.9. The lowest BCUT2D eigenvalue weighted by Crippen LogP contribution is -2.52. The van der Waals surface area contributed by atoms with Gasteiger partial charge in [0.05, 0.1) is 6.42 Å². The maximum Gasteiger partial charge on any atom is 0.303 e. The van der Waals surface area contributed by atoms with Gasteiger partial charge in [0, 0.05) is 6.42 Å². The van der Waals surface area contributed by atoms with Crippen LogP contribution in [0.25, 0.3) is 0 Å². The number of carbonyl (C=O) groups is 2. The molecule has 0 aromatic heterocycles. The maximum absolute atomic E-state index is 11.3. The molecule has 2 N–H and O–H groups in total. The molecule has 3 saturated carbocycles. The van der Waals surface area contributed by atoms with Crippen LogP contribution in [0.3, 0.4) is 0 Å². The highest BCUT2D eigenvalue weighted by Crippen LogP contribution is 2.67. The highest BCUT2D eigenvalue weighted by Gasteiger charge is 2.59. The summed E-state index contributed by atoms with van der Waals surface area (Å²) < 4.78 is 0. The van der Waals surface area contributed by atoms with E-state index in [-0.39, 0.29) is 23.2 Å². The second-order valence-electron chi connectivity index (χ2n) is 10.4. The van der Waals surface area contributed by atoms with Crippen LogP contribution in [0.15, 0.2) is 12.2 Å². The molecule has 1 unspecified atom stereocenters. The molecule has 4 aliphatic rings. The topological polar surface area (TPSA) is 74.6 Å². The monoisotopic (exact) mass is 374 g/mol. The van der Waals surface area contributed by atoms with Crippen molar-refractivity contribution in [2.24, 2.45) is 46.3 Å². The summed E-state index contributed by atoms with van der Waals surface area (Å²) >= 11 is 0. The first-order chi connectivity index (χ1) is 12.7. The van der Waals surface area contributed by atoms with Crippen molar-refractivity contribution in [1.29, 1.82) is 0 Å². The van der Waals surface area contributed by atoms with Crippen molar-refractivity contribution < 1.29 is 19.8 Å². The van der Waals surface area contributed by atoms with E-state index < -0.39 is 11.9 Å². The first kappa shape index (κ1) is 19.0. The summed E-state index contributed by atoms with van der Waals surface area (Å²) in [6.07, 6.45) is 13.3. The van der Waals surface area contributed by atoms with E-state index in [4.69, 9.17) is 5.11 Å². The molecule has 3 fully saturated rings. The minimum absolute atomic E-state index is 0.192. The number of rotatable bonds is 4. The van der Waals surface area contributed by atoms with Gasteiger partial charge in [0.1, 0.15) is 0 Å². The van der Waals surface area contributed by atoms with Crippen LogP contribution in [-0.2, 0) is 9.59 Å². The van der Waals surface area contributed by atoms with Crippen molar-refractivity contribution in [3.8, 4) is 0 Å². The van der Waals surface area contributed by atoms with E-state index in [0.29, 0.717) is 36.0 Å². The number of hydrogen-bond donors (Lipinski definition) is 2. The van der Waals surface area contributed by atoms with Crippen molar-refractivity contribution >= 4 is 11.9 Å². The van der Waals surface area contributed by atoms with Crippen molar-refractivity contribution in [3.05, 3.63) is 12.2 Å². The zero-order chi connectivity index (χ0) is 19.4. The molecule has 0 aromatic carbocycles. The number of aliphatic carboxylic acids is 2. The molecule has 0 aliphatic heterocycles. The summed E-state index contributed by atoms with van der Waals surface area (Å²) in [7, 11) is 0. The molecular weight excluding hydrogens is 340 g/mol. The Morgan fingerprint density at radius 3 is 2.41 bits per heavy atom. The maximum atomic E-state index is 11.3. The molecule has 0 aromatic rings. The third-order valence-corrected chi connectivity index (χ3v) is 9.33. The molecule has 0 spiro atoms. The lowest BCUT2D eigenvalue weighted by Gasteiger charge is -2.59. The SMILES string of the molecule is C[C@]12C=CC(CC(=O)O)C[C@@H]1CC[C@@H]1[C@@H]2CC[C@]2(C)[C@@H](CC(=O)O)CC[C@@H]12. The third-order valence-electron chi connectivity index (χ3n) is 9.33. The molecule has 8 atom stereocenters. The van der Waals surface area contributed by atoms with E-state index in [9.17, 15) is 14.7 Å². The van der Waals surface area contributed by atoms with Crippen LogP contribution >= 0.6 is 0 Å². The van der Waals surface area contributed by atoms with Crippen LogP contribution in [0.2, 0.25) is 0 Å². The zero-order valence-electron chi connectivity index (χ0n) is 16.7. The smallest absolute Gasteiger partial charge is 0.303 e. The average Bonchev–Trinajstić information content (AvgIpc) is 2.91. The molecule has 4 rings (SSSR count). The Morgan fingerprint density at radius 1 is 0.963 bits per heavy atom. The molecule has 0 saturated heterocycles. The summed E-state index contributed by atoms with van der Waals surface area (Å²) in [4.78, 5) is 22.5. The van der Waals surface area contributed by atoms with Gasteiger partial charge in [0.15, 0.2) is 0 Å². The molecule has 4 aliphatic carbocycles. The van der Waals surface area contributed by atoms with Crippen molar-refractivity contribution in [3.63, 3.8) is 0 Å².